The van der Waals surface area contributed by atoms with Gasteiger partial charge in [0.05, 0.1) is 0 Å². The summed E-state index contributed by atoms with van der Waals surface area (Å²) >= 11 is 0. The Morgan fingerprint density at radius 3 is 3.07 bits per heavy atom. The zero-order valence-electron chi connectivity index (χ0n) is 8.22. The second kappa shape index (κ2) is 5.92. The van der Waals surface area contributed by atoms with Crippen molar-refractivity contribution in [1.29, 1.82) is 0 Å². The van der Waals surface area contributed by atoms with E-state index in [1.807, 2.05) is 0 Å². The highest BCUT2D eigenvalue weighted by atomic mass is 16.3. The Hall–Kier alpha value is -1.69. The van der Waals surface area contributed by atoms with Gasteiger partial charge in [-0.2, -0.15) is 0 Å². The summed E-state index contributed by atoms with van der Waals surface area (Å²) in [5.74, 6) is -0.265. The Labute approximate surface area is 86.6 Å². The van der Waals surface area contributed by atoms with Crippen LogP contribution in [0, 0.1) is 0 Å². The van der Waals surface area contributed by atoms with E-state index in [0.29, 0.717) is 13.0 Å². The van der Waals surface area contributed by atoms with Crippen molar-refractivity contribution in [3.63, 3.8) is 0 Å². The number of carbonyl (C=O) groups excluding carboxylic acids is 1. The van der Waals surface area contributed by atoms with E-state index in [0.717, 1.165) is 0 Å². The predicted octanol–water partition coefficient (Wildman–Crippen LogP) is -1.26. The van der Waals surface area contributed by atoms with Crippen LogP contribution in [-0.2, 0) is 11.3 Å². The molecule has 0 aliphatic carbocycles. The minimum Gasteiger partial charge on any atom is -0.396 e. The average Bonchev–Trinajstić information content (AvgIpc) is 2.22. The lowest BCUT2D eigenvalue weighted by atomic mass is 10.4. The molecule has 0 saturated heterocycles. The Kier molecular flexibility index (Phi) is 4.49. The van der Waals surface area contributed by atoms with E-state index in [1.54, 1.807) is 6.07 Å². The lowest BCUT2D eigenvalue weighted by Crippen LogP contribution is -2.33. The first-order valence-electron chi connectivity index (χ1n) is 4.63. The summed E-state index contributed by atoms with van der Waals surface area (Å²) in [7, 11) is 0. The van der Waals surface area contributed by atoms with E-state index in [1.165, 1.54) is 17.0 Å². The number of aromatic nitrogens is 2. The Morgan fingerprint density at radius 2 is 2.40 bits per heavy atom. The zero-order chi connectivity index (χ0) is 11.1. The molecule has 82 valence electrons. The number of carbonyl (C=O) groups is 1. The first-order valence-corrected chi connectivity index (χ1v) is 4.63. The van der Waals surface area contributed by atoms with Gasteiger partial charge in [-0.3, -0.25) is 9.36 Å². The molecule has 0 saturated carbocycles. The van der Waals surface area contributed by atoms with Crippen LogP contribution in [0.3, 0.4) is 0 Å². The predicted molar refractivity (Wildman–Crippen MR) is 53.2 cm³/mol. The third kappa shape index (κ3) is 3.90. The van der Waals surface area contributed by atoms with Crippen molar-refractivity contribution in [2.75, 3.05) is 13.2 Å². The standard InChI is InChI=1S/C9H13N3O3/c13-6-2-4-10-8(14)7-12-5-1-3-11-9(12)15/h1,3,5,13H,2,4,6-7H2,(H,10,14). The fourth-order valence-corrected chi connectivity index (χ4v) is 1.02. The van der Waals surface area contributed by atoms with Crippen LogP contribution in [0.15, 0.2) is 23.3 Å². The summed E-state index contributed by atoms with van der Waals surface area (Å²) < 4.78 is 1.22. The molecular formula is C9H13N3O3. The molecule has 0 unspecified atom stereocenters. The molecule has 1 amide bonds. The molecule has 0 aliphatic rings. The van der Waals surface area contributed by atoms with Crippen LogP contribution in [0.2, 0.25) is 0 Å². The van der Waals surface area contributed by atoms with Crippen molar-refractivity contribution in [1.82, 2.24) is 14.9 Å². The maximum Gasteiger partial charge on any atom is 0.347 e. The number of aliphatic hydroxyl groups excluding tert-OH is 1. The smallest absolute Gasteiger partial charge is 0.347 e. The SMILES string of the molecule is O=C(Cn1cccnc1=O)NCCCO. The largest absolute Gasteiger partial charge is 0.396 e. The van der Waals surface area contributed by atoms with Crippen molar-refractivity contribution < 1.29 is 9.90 Å². The average molecular weight is 211 g/mol. The number of nitrogens with zero attached hydrogens (tertiary/aromatic N) is 2. The van der Waals surface area contributed by atoms with Crippen molar-refractivity contribution >= 4 is 5.91 Å². The fraction of sp³-hybridized carbons (Fsp3) is 0.444. The maximum absolute atomic E-state index is 11.3. The van der Waals surface area contributed by atoms with Crippen LogP contribution in [-0.4, -0.2) is 33.7 Å². The molecule has 0 bridgehead atoms. The van der Waals surface area contributed by atoms with Gasteiger partial charge in [-0.15, -0.1) is 0 Å². The summed E-state index contributed by atoms with van der Waals surface area (Å²) in [4.78, 5) is 25.9. The van der Waals surface area contributed by atoms with Gasteiger partial charge in [0.15, 0.2) is 0 Å². The molecule has 0 fully saturated rings. The lowest BCUT2D eigenvalue weighted by Gasteiger charge is -2.05. The van der Waals surface area contributed by atoms with Gasteiger partial charge in [-0.05, 0) is 12.5 Å². The summed E-state index contributed by atoms with van der Waals surface area (Å²) in [5, 5.41) is 11.1. The second-order valence-electron chi connectivity index (χ2n) is 2.96. The lowest BCUT2D eigenvalue weighted by molar-refractivity contribution is -0.121. The van der Waals surface area contributed by atoms with E-state index in [9.17, 15) is 9.59 Å². The summed E-state index contributed by atoms with van der Waals surface area (Å²) in [6.07, 6.45) is 3.39. The van der Waals surface area contributed by atoms with Crippen molar-refractivity contribution in [2.45, 2.75) is 13.0 Å². The summed E-state index contributed by atoms with van der Waals surface area (Å²) in [6, 6.07) is 1.59. The molecule has 0 spiro atoms. The zero-order valence-corrected chi connectivity index (χ0v) is 8.22. The summed E-state index contributed by atoms with van der Waals surface area (Å²) in [5.41, 5.74) is -0.449. The topological polar surface area (TPSA) is 84.2 Å². The van der Waals surface area contributed by atoms with Crippen molar-refractivity contribution in [2.24, 2.45) is 0 Å². The van der Waals surface area contributed by atoms with E-state index >= 15 is 0 Å². The van der Waals surface area contributed by atoms with Gasteiger partial charge in [0.25, 0.3) is 0 Å². The maximum atomic E-state index is 11.3. The van der Waals surface area contributed by atoms with E-state index < -0.39 is 5.69 Å². The van der Waals surface area contributed by atoms with Gasteiger partial charge < -0.3 is 10.4 Å². The van der Waals surface area contributed by atoms with E-state index in [-0.39, 0.29) is 19.1 Å². The number of nitrogens with one attached hydrogen (secondary N) is 1. The molecule has 15 heavy (non-hydrogen) atoms. The van der Waals surface area contributed by atoms with Crippen LogP contribution in [0.4, 0.5) is 0 Å². The van der Waals surface area contributed by atoms with Crippen LogP contribution in [0.25, 0.3) is 0 Å². The van der Waals surface area contributed by atoms with Gasteiger partial charge in [-0.25, -0.2) is 9.78 Å². The highest BCUT2D eigenvalue weighted by Gasteiger charge is 2.02. The van der Waals surface area contributed by atoms with Gasteiger partial charge in [0.2, 0.25) is 5.91 Å². The van der Waals surface area contributed by atoms with E-state index in [2.05, 4.69) is 10.3 Å². The second-order valence-corrected chi connectivity index (χ2v) is 2.96. The van der Waals surface area contributed by atoms with Crippen molar-refractivity contribution in [3.05, 3.63) is 28.9 Å². The van der Waals surface area contributed by atoms with Gasteiger partial charge in [-0.1, -0.05) is 0 Å². The van der Waals surface area contributed by atoms with Crippen LogP contribution in [0.1, 0.15) is 6.42 Å². The number of rotatable bonds is 5. The van der Waals surface area contributed by atoms with E-state index in [4.69, 9.17) is 5.11 Å². The normalized spacial score (nSPS) is 9.93. The molecule has 6 heteroatoms. The molecule has 1 heterocycles. The number of aliphatic hydroxyl groups is 1. The molecule has 0 radical (unpaired) electrons. The van der Waals surface area contributed by atoms with Gasteiger partial charge >= 0.3 is 5.69 Å². The van der Waals surface area contributed by atoms with Gasteiger partial charge in [0, 0.05) is 25.5 Å². The highest BCUT2D eigenvalue weighted by Crippen LogP contribution is 1.80. The fourth-order valence-electron chi connectivity index (χ4n) is 1.02. The van der Waals surface area contributed by atoms with Crippen molar-refractivity contribution in [3.8, 4) is 0 Å². The third-order valence-electron chi connectivity index (χ3n) is 1.75. The number of hydrogen-bond acceptors (Lipinski definition) is 4. The molecule has 1 aromatic heterocycles. The van der Waals surface area contributed by atoms with Gasteiger partial charge in [0.1, 0.15) is 6.54 Å². The Morgan fingerprint density at radius 1 is 1.60 bits per heavy atom. The minimum absolute atomic E-state index is 0.0348. The van der Waals surface area contributed by atoms with Crippen LogP contribution in [0.5, 0.6) is 0 Å². The molecule has 0 aromatic carbocycles. The minimum atomic E-state index is -0.449. The van der Waals surface area contributed by atoms with Crippen LogP contribution < -0.4 is 11.0 Å². The molecule has 1 rings (SSSR count). The Balaban J connectivity index is 2.45. The van der Waals surface area contributed by atoms with Crippen LogP contribution >= 0.6 is 0 Å². The molecule has 0 atom stereocenters. The Bertz CT molecular complexity index is 375. The molecule has 6 nitrogen and oxygen atoms in total. The monoisotopic (exact) mass is 211 g/mol. The number of hydrogen-bond donors (Lipinski definition) is 2. The molecular weight excluding hydrogens is 198 g/mol. The first-order chi connectivity index (χ1) is 7.24. The highest BCUT2D eigenvalue weighted by molar-refractivity contribution is 5.75. The third-order valence-corrected chi connectivity index (χ3v) is 1.75. The first kappa shape index (κ1) is 11.4. The quantitative estimate of drug-likeness (QED) is 0.595. The molecule has 0 aliphatic heterocycles. The summed E-state index contributed by atoms with van der Waals surface area (Å²) in [6.45, 7) is 0.398. The molecule has 2 N–H and O–H groups in total. The number of amides is 1. The molecule has 1 aromatic rings.